The van der Waals surface area contributed by atoms with Gasteiger partial charge in [0, 0.05) is 10.2 Å². The molecule has 0 aliphatic carbocycles. The van der Waals surface area contributed by atoms with Gasteiger partial charge in [0.15, 0.2) is 11.5 Å². The van der Waals surface area contributed by atoms with Crippen LogP contribution in [0.5, 0.6) is 11.5 Å². The van der Waals surface area contributed by atoms with Gasteiger partial charge in [0.2, 0.25) is 6.79 Å². The van der Waals surface area contributed by atoms with Crippen LogP contribution in [0.3, 0.4) is 0 Å². The fourth-order valence-electron chi connectivity index (χ4n) is 2.12. The van der Waals surface area contributed by atoms with Gasteiger partial charge in [-0.1, -0.05) is 15.9 Å². The highest BCUT2D eigenvalue weighted by molar-refractivity contribution is 9.10. The number of fused-ring (bicyclic) bond motifs is 1. The van der Waals surface area contributed by atoms with Crippen LogP contribution in [0.1, 0.15) is 12.5 Å². The molecule has 0 saturated carbocycles. The molecule has 2 N–H and O–H groups in total. The van der Waals surface area contributed by atoms with Gasteiger partial charge in [-0.2, -0.15) is 5.10 Å². The first kappa shape index (κ1) is 16.3. The van der Waals surface area contributed by atoms with Gasteiger partial charge in [0.25, 0.3) is 5.91 Å². The highest BCUT2D eigenvalue weighted by Crippen LogP contribution is 2.31. The molecular weight excluding hydrogens is 374 g/mol. The summed E-state index contributed by atoms with van der Waals surface area (Å²) in [5.41, 5.74) is 4.19. The molecule has 0 fully saturated rings. The van der Waals surface area contributed by atoms with Crippen LogP contribution >= 0.6 is 15.9 Å². The van der Waals surface area contributed by atoms with E-state index in [1.807, 2.05) is 42.5 Å². The number of hydrazone groups is 1. The average Bonchev–Trinajstić information content (AvgIpc) is 3.04. The smallest absolute Gasteiger partial charge is 0.262 e. The Morgan fingerprint density at radius 1 is 1.21 bits per heavy atom. The average molecular weight is 390 g/mol. The Morgan fingerprint density at radius 2 is 1.96 bits per heavy atom. The van der Waals surface area contributed by atoms with Gasteiger partial charge >= 0.3 is 0 Å². The summed E-state index contributed by atoms with van der Waals surface area (Å²) < 4.78 is 11.5. The second-order valence-corrected chi connectivity index (χ2v) is 6.14. The summed E-state index contributed by atoms with van der Waals surface area (Å²) >= 11 is 3.37. The van der Waals surface area contributed by atoms with E-state index in [0.29, 0.717) is 11.5 Å². The van der Waals surface area contributed by atoms with E-state index in [0.717, 1.165) is 15.7 Å². The minimum absolute atomic E-state index is 0.227. The van der Waals surface area contributed by atoms with E-state index >= 15 is 0 Å². The molecule has 2 aromatic carbocycles. The monoisotopic (exact) mass is 389 g/mol. The summed E-state index contributed by atoms with van der Waals surface area (Å²) in [6.07, 6.45) is 1.56. The molecule has 3 rings (SSSR count). The van der Waals surface area contributed by atoms with Gasteiger partial charge in [-0.05, 0) is 55.0 Å². The van der Waals surface area contributed by atoms with Crippen LogP contribution in [0, 0.1) is 0 Å². The lowest BCUT2D eigenvalue weighted by Crippen LogP contribution is -2.34. The topological polar surface area (TPSA) is 72.0 Å². The van der Waals surface area contributed by atoms with Crippen molar-refractivity contribution in [3.8, 4) is 11.5 Å². The molecule has 1 amide bonds. The number of nitrogens with one attached hydrogen (secondary N) is 2. The third kappa shape index (κ3) is 4.05. The maximum atomic E-state index is 12.1. The van der Waals surface area contributed by atoms with Gasteiger partial charge in [-0.25, -0.2) is 5.43 Å². The third-order valence-corrected chi connectivity index (χ3v) is 3.93. The molecule has 124 valence electrons. The lowest BCUT2D eigenvalue weighted by atomic mass is 10.2. The van der Waals surface area contributed by atoms with Crippen molar-refractivity contribution in [2.45, 2.75) is 13.0 Å². The number of anilines is 1. The molecule has 1 aliphatic rings. The van der Waals surface area contributed by atoms with Crippen LogP contribution in [0.4, 0.5) is 5.69 Å². The molecule has 0 bridgehead atoms. The Bertz CT molecular complexity index is 762. The normalized spacial score (nSPS) is 13.8. The van der Waals surface area contributed by atoms with E-state index < -0.39 is 6.04 Å². The van der Waals surface area contributed by atoms with Crippen molar-refractivity contribution in [3.63, 3.8) is 0 Å². The Labute approximate surface area is 148 Å². The Hall–Kier alpha value is -2.54. The summed E-state index contributed by atoms with van der Waals surface area (Å²) in [7, 11) is 0. The Morgan fingerprint density at radius 3 is 2.75 bits per heavy atom. The molecule has 1 heterocycles. The van der Waals surface area contributed by atoms with Gasteiger partial charge in [0.1, 0.15) is 6.04 Å². The maximum Gasteiger partial charge on any atom is 0.262 e. The second kappa shape index (κ2) is 7.35. The number of amides is 1. The van der Waals surface area contributed by atoms with Crippen LogP contribution in [-0.4, -0.2) is 25.0 Å². The first-order valence-corrected chi connectivity index (χ1v) is 8.16. The molecule has 1 atom stereocenters. The van der Waals surface area contributed by atoms with Crippen molar-refractivity contribution in [1.82, 2.24) is 5.43 Å². The number of halogens is 1. The molecule has 1 unspecified atom stereocenters. The Kier molecular flexibility index (Phi) is 5.00. The first-order chi connectivity index (χ1) is 11.6. The fraction of sp³-hybridized carbons (Fsp3) is 0.176. The number of benzene rings is 2. The van der Waals surface area contributed by atoms with Gasteiger partial charge < -0.3 is 14.8 Å². The number of ether oxygens (including phenoxy) is 2. The van der Waals surface area contributed by atoms with Crippen LogP contribution in [0.15, 0.2) is 52.0 Å². The van der Waals surface area contributed by atoms with E-state index in [9.17, 15) is 4.79 Å². The van der Waals surface area contributed by atoms with E-state index in [1.54, 1.807) is 13.1 Å². The molecule has 7 heteroatoms. The number of nitrogens with zero attached hydrogens (tertiary/aromatic N) is 1. The SMILES string of the molecule is CC(Nc1ccc(Br)cc1)C(=O)N/N=C/c1ccc2c(c1)OCO2. The van der Waals surface area contributed by atoms with Crippen molar-refractivity contribution in [2.24, 2.45) is 5.10 Å². The third-order valence-electron chi connectivity index (χ3n) is 3.41. The summed E-state index contributed by atoms with van der Waals surface area (Å²) in [6, 6.07) is 12.6. The first-order valence-electron chi connectivity index (χ1n) is 7.36. The zero-order valence-corrected chi connectivity index (χ0v) is 14.5. The van der Waals surface area contributed by atoms with E-state index in [4.69, 9.17) is 9.47 Å². The maximum absolute atomic E-state index is 12.1. The van der Waals surface area contributed by atoms with Crippen LogP contribution in [-0.2, 0) is 4.79 Å². The van der Waals surface area contributed by atoms with Crippen LogP contribution in [0.25, 0.3) is 0 Å². The molecule has 6 nitrogen and oxygen atoms in total. The summed E-state index contributed by atoms with van der Waals surface area (Å²) in [6.45, 7) is 2.00. The number of rotatable bonds is 5. The van der Waals surface area contributed by atoms with Crippen molar-refractivity contribution in [3.05, 3.63) is 52.5 Å². The molecule has 1 aliphatic heterocycles. The van der Waals surface area contributed by atoms with E-state index in [-0.39, 0.29) is 12.7 Å². The predicted octanol–water partition coefficient (Wildman–Crippen LogP) is 3.13. The zero-order valence-electron chi connectivity index (χ0n) is 13.0. The molecule has 0 radical (unpaired) electrons. The second-order valence-electron chi connectivity index (χ2n) is 5.22. The standard InChI is InChI=1S/C17H16BrN3O3/c1-11(20-14-5-3-13(18)4-6-14)17(22)21-19-9-12-2-7-15-16(8-12)24-10-23-15/h2-9,11,20H,10H2,1H3,(H,21,22)/b19-9+. The molecular formula is C17H16BrN3O3. The summed E-state index contributed by atoms with van der Waals surface area (Å²) in [5, 5.41) is 7.08. The molecule has 24 heavy (non-hydrogen) atoms. The van der Waals surface area contributed by atoms with Crippen molar-refractivity contribution in [2.75, 3.05) is 12.1 Å². The minimum Gasteiger partial charge on any atom is -0.454 e. The largest absolute Gasteiger partial charge is 0.454 e. The number of hydrogen-bond acceptors (Lipinski definition) is 5. The lowest BCUT2D eigenvalue weighted by Gasteiger charge is -2.13. The van der Waals surface area contributed by atoms with Crippen molar-refractivity contribution < 1.29 is 14.3 Å². The quantitative estimate of drug-likeness (QED) is 0.608. The van der Waals surface area contributed by atoms with Crippen molar-refractivity contribution in [1.29, 1.82) is 0 Å². The zero-order chi connectivity index (χ0) is 16.9. The Balaban J connectivity index is 1.53. The molecule has 0 aromatic heterocycles. The van der Waals surface area contributed by atoms with Gasteiger partial charge in [-0.3, -0.25) is 4.79 Å². The van der Waals surface area contributed by atoms with E-state index in [2.05, 4.69) is 31.8 Å². The number of carbonyl (C=O) groups excluding carboxylic acids is 1. The van der Waals surface area contributed by atoms with E-state index in [1.165, 1.54) is 0 Å². The predicted molar refractivity (Wildman–Crippen MR) is 95.5 cm³/mol. The molecule has 2 aromatic rings. The lowest BCUT2D eigenvalue weighted by molar-refractivity contribution is -0.121. The van der Waals surface area contributed by atoms with Crippen LogP contribution < -0.4 is 20.2 Å². The van der Waals surface area contributed by atoms with Gasteiger partial charge in [-0.15, -0.1) is 0 Å². The molecule has 0 spiro atoms. The fourth-order valence-corrected chi connectivity index (χ4v) is 2.39. The molecule has 0 saturated heterocycles. The van der Waals surface area contributed by atoms with Gasteiger partial charge in [0.05, 0.1) is 6.21 Å². The van der Waals surface area contributed by atoms with Crippen LogP contribution in [0.2, 0.25) is 0 Å². The number of carbonyl (C=O) groups is 1. The summed E-state index contributed by atoms with van der Waals surface area (Å²) in [5.74, 6) is 1.16. The minimum atomic E-state index is -0.417. The summed E-state index contributed by atoms with van der Waals surface area (Å²) in [4.78, 5) is 12.1. The number of hydrogen-bond donors (Lipinski definition) is 2. The highest BCUT2D eigenvalue weighted by atomic mass is 79.9. The van der Waals surface area contributed by atoms with Crippen molar-refractivity contribution >= 4 is 33.7 Å². The highest BCUT2D eigenvalue weighted by Gasteiger charge is 2.13.